The zero-order valence-electron chi connectivity index (χ0n) is 9.27. The number of aromatic nitrogens is 1. The number of carbonyl (C=O) groups excluding carboxylic acids is 1. The number of rotatable bonds is 1. The molecule has 0 aromatic carbocycles. The van der Waals surface area contributed by atoms with Crippen LogP contribution in [0, 0.1) is 16.0 Å². The van der Waals surface area contributed by atoms with Gasteiger partial charge in [0.25, 0.3) is 5.69 Å². The summed E-state index contributed by atoms with van der Waals surface area (Å²) in [6, 6.07) is 1.33. The van der Waals surface area contributed by atoms with Crippen LogP contribution in [0.25, 0.3) is 0 Å². The zero-order chi connectivity index (χ0) is 11.0. The number of nitro groups is 1. The van der Waals surface area contributed by atoms with E-state index in [4.69, 9.17) is 0 Å². The van der Waals surface area contributed by atoms with Gasteiger partial charge in [-0.05, 0) is 12.3 Å². The van der Waals surface area contributed by atoms with E-state index in [1.165, 1.54) is 12.3 Å². The molecule has 1 radical (unpaired) electrons. The van der Waals surface area contributed by atoms with Gasteiger partial charge < -0.3 is 0 Å². The molecule has 0 aliphatic heterocycles. The maximum Gasteiger partial charge on any atom is 0.288 e. The number of Topliss-reactive ketones (excluding diaryl/α,β-unsaturated/α-hetero) is 1. The summed E-state index contributed by atoms with van der Waals surface area (Å²) in [7, 11) is 0. The second-order valence-corrected chi connectivity index (χ2v) is 3.88. The smallest absolute Gasteiger partial charge is 0.288 e. The second kappa shape index (κ2) is 5.03. The Morgan fingerprint density at radius 3 is 2.81 bits per heavy atom. The van der Waals surface area contributed by atoms with E-state index in [1.54, 1.807) is 0 Å². The van der Waals surface area contributed by atoms with Crippen LogP contribution in [0.4, 0.5) is 5.69 Å². The van der Waals surface area contributed by atoms with Crippen molar-refractivity contribution in [1.29, 1.82) is 0 Å². The van der Waals surface area contributed by atoms with E-state index >= 15 is 0 Å². The summed E-state index contributed by atoms with van der Waals surface area (Å²) in [6.07, 6.45) is 2.39. The Balaban J connectivity index is 0.00000128. The predicted molar refractivity (Wildman–Crippen MR) is 58.5 cm³/mol. The minimum atomic E-state index is -0.529. The van der Waals surface area contributed by atoms with Gasteiger partial charge in [-0.15, -0.1) is 0 Å². The fraction of sp³-hybridized carbons (Fsp3) is 0.400. The number of carbonyl (C=O) groups is 1. The van der Waals surface area contributed by atoms with E-state index in [1.807, 2.05) is 6.92 Å². The van der Waals surface area contributed by atoms with Gasteiger partial charge >= 0.3 is 0 Å². The molecule has 6 heteroatoms. The standard InChI is InChI=1S/C10H10N2O3.Na/c1-6-2-9-8(10(13)3-6)4-7(5-11-9)12(14)15;/h4-6H,2-3H2,1H3;. The van der Waals surface area contributed by atoms with Crippen molar-refractivity contribution >= 4 is 41.0 Å². The Bertz CT molecular complexity index is 448. The maximum absolute atomic E-state index is 11.6. The van der Waals surface area contributed by atoms with Crippen LogP contribution in [0.15, 0.2) is 12.3 Å². The summed E-state index contributed by atoms with van der Waals surface area (Å²) in [4.78, 5) is 25.6. The fourth-order valence-electron chi connectivity index (χ4n) is 1.81. The summed E-state index contributed by atoms with van der Waals surface area (Å²) < 4.78 is 0. The van der Waals surface area contributed by atoms with Crippen molar-refractivity contribution in [3.63, 3.8) is 0 Å². The molecule has 0 fully saturated rings. The van der Waals surface area contributed by atoms with Crippen LogP contribution in [-0.2, 0) is 6.42 Å². The Morgan fingerprint density at radius 1 is 1.50 bits per heavy atom. The SMILES string of the molecule is CC1CC(=O)c2cc([N+](=O)[O-])cnc2C1.[Na]. The molecule has 1 aliphatic rings. The van der Waals surface area contributed by atoms with Gasteiger partial charge in [0.05, 0.1) is 10.6 Å². The van der Waals surface area contributed by atoms with Crippen LogP contribution in [0.1, 0.15) is 29.4 Å². The fourth-order valence-corrected chi connectivity index (χ4v) is 1.81. The molecule has 0 saturated heterocycles. The minimum Gasteiger partial charge on any atom is -0.294 e. The first-order chi connectivity index (χ1) is 7.08. The van der Waals surface area contributed by atoms with Crippen LogP contribution in [0.2, 0.25) is 0 Å². The van der Waals surface area contributed by atoms with Gasteiger partial charge in [-0.25, -0.2) is 0 Å². The first kappa shape index (κ1) is 13.3. The van der Waals surface area contributed by atoms with E-state index in [0.717, 1.165) is 6.42 Å². The Kier molecular flexibility index (Phi) is 4.18. The summed E-state index contributed by atoms with van der Waals surface area (Å²) in [5.41, 5.74) is 0.989. The molecule has 1 atom stereocenters. The Labute approximate surface area is 115 Å². The van der Waals surface area contributed by atoms with Crippen molar-refractivity contribution in [2.45, 2.75) is 19.8 Å². The van der Waals surface area contributed by atoms with Crippen LogP contribution in [0.5, 0.6) is 0 Å². The molecule has 1 heterocycles. The van der Waals surface area contributed by atoms with Crippen LogP contribution < -0.4 is 0 Å². The van der Waals surface area contributed by atoms with Gasteiger partial charge in [-0.2, -0.15) is 0 Å². The molecule has 0 spiro atoms. The van der Waals surface area contributed by atoms with Gasteiger partial charge in [0.2, 0.25) is 0 Å². The van der Waals surface area contributed by atoms with Crippen molar-refractivity contribution in [2.75, 3.05) is 0 Å². The number of pyridine rings is 1. The molecule has 5 nitrogen and oxygen atoms in total. The summed E-state index contributed by atoms with van der Waals surface area (Å²) in [6.45, 7) is 1.98. The normalized spacial score (nSPS) is 18.6. The van der Waals surface area contributed by atoms with Gasteiger partial charge in [-0.3, -0.25) is 19.9 Å². The Hall–Kier alpha value is -0.780. The topological polar surface area (TPSA) is 73.1 Å². The van der Waals surface area contributed by atoms with E-state index in [2.05, 4.69) is 4.98 Å². The zero-order valence-corrected chi connectivity index (χ0v) is 11.3. The molecule has 1 aromatic heterocycles. The van der Waals surface area contributed by atoms with Crippen molar-refractivity contribution < 1.29 is 9.72 Å². The molecule has 0 bridgehead atoms. The average Bonchev–Trinajstić information content (AvgIpc) is 2.16. The number of hydrogen-bond donors (Lipinski definition) is 0. The van der Waals surface area contributed by atoms with Gasteiger partial charge in [0, 0.05) is 47.6 Å². The molecule has 1 aromatic rings. The molecule has 16 heavy (non-hydrogen) atoms. The van der Waals surface area contributed by atoms with Crippen molar-refractivity contribution in [3.05, 3.63) is 33.6 Å². The van der Waals surface area contributed by atoms with Gasteiger partial charge in [0.15, 0.2) is 5.78 Å². The van der Waals surface area contributed by atoms with Crippen molar-refractivity contribution in [2.24, 2.45) is 5.92 Å². The van der Waals surface area contributed by atoms with Crippen LogP contribution >= 0.6 is 0 Å². The molecule has 0 saturated carbocycles. The van der Waals surface area contributed by atoms with E-state index in [0.29, 0.717) is 17.7 Å². The minimum absolute atomic E-state index is 0. The molecular weight excluding hydrogens is 219 g/mol. The molecule has 1 unspecified atom stereocenters. The quantitative estimate of drug-likeness (QED) is 0.414. The number of hydrogen-bond acceptors (Lipinski definition) is 4. The van der Waals surface area contributed by atoms with Gasteiger partial charge in [0.1, 0.15) is 6.20 Å². The number of nitrogens with zero attached hydrogens (tertiary/aromatic N) is 2. The first-order valence-corrected chi connectivity index (χ1v) is 4.74. The van der Waals surface area contributed by atoms with Crippen LogP contribution in [-0.4, -0.2) is 45.2 Å². The third kappa shape index (κ3) is 2.48. The molecule has 2 rings (SSSR count). The molecule has 0 amide bonds. The third-order valence-corrected chi connectivity index (χ3v) is 2.54. The summed E-state index contributed by atoms with van der Waals surface area (Å²) in [5, 5.41) is 10.5. The van der Waals surface area contributed by atoms with Gasteiger partial charge in [-0.1, -0.05) is 6.92 Å². The molecule has 79 valence electrons. The average molecular weight is 229 g/mol. The predicted octanol–water partition coefficient (Wildman–Crippen LogP) is 1.37. The third-order valence-electron chi connectivity index (χ3n) is 2.54. The largest absolute Gasteiger partial charge is 0.294 e. The molecule has 1 aliphatic carbocycles. The number of fused-ring (bicyclic) bond motifs is 1. The number of ketones is 1. The monoisotopic (exact) mass is 229 g/mol. The van der Waals surface area contributed by atoms with E-state index in [-0.39, 0.29) is 46.9 Å². The maximum atomic E-state index is 11.6. The molecule has 0 N–H and O–H groups in total. The second-order valence-electron chi connectivity index (χ2n) is 3.88. The van der Waals surface area contributed by atoms with Crippen molar-refractivity contribution in [3.8, 4) is 0 Å². The molecular formula is C10H10N2NaO3. The summed E-state index contributed by atoms with van der Waals surface area (Å²) in [5.74, 6) is 0.235. The van der Waals surface area contributed by atoms with Crippen molar-refractivity contribution in [1.82, 2.24) is 4.98 Å². The van der Waals surface area contributed by atoms with E-state index in [9.17, 15) is 14.9 Å². The first-order valence-electron chi connectivity index (χ1n) is 4.74. The van der Waals surface area contributed by atoms with Crippen LogP contribution in [0.3, 0.4) is 0 Å². The Morgan fingerprint density at radius 2 is 2.19 bits per heavy atom. The summed E-state index contributed by atoms with van der Waals surface area (Å²) >= 11 is 0. The van der Waals surface area contributed by atoms with E-state index < -0.39 is 4.92 Å².